The minimum atomic E-state index is -0.161. The Bertz CT molecular complexity index is 582. The van der Waals surface area contributed by atoms with Gasteiger partial charge in [-0.1, -0.05) is 48.5 Å². The fraction of sp³-hybridized carbons (Fsp3) is 0.176. The van der Waals surface area contributed by atoms with E-state index < -0.39 is 0 Å². The molecule has 0 aromatic heterocycles. The molecule has 0 radical (unpaired) electrons. The van der Waals surface area contributed by atoms with E-state index in [4.69, 9.17) is 0 Å². The average Bonchev–Trinajstić information content (AvgIpc) is 2.54. The van der Waals surface area contributed by atoms with Gasteiger partial charge in [0, 0.05) is 25.1 Å². The number of hydrogen-bond donors (Lipinski definition) is 2. The van der Waals surface area contributed by atoms with Gasteiger partial charge in [-0.25, -0.2) is 0 Å². The molecular weight excluding hydrogens is 264 g/mol. The van der Waals surface area contributed by atoms with E-state index >= 15 is 0 Å². The Morgan fingerprint density at radius 2 is 1.43 bits per heavy atom. The Balaban J connectivity index is 1.66. The quantitative estimate of drug-likeness (QED) is 0.852. The van der Waals surface area contributed by atoms with Crippen molar-refractivity contribution in [3.8, 4) is 0 Å². The first kappa shape index (κ1) is 14.8. The first-order valence-corrected chi connectivity index (χ1v) is 6.89. The van der Waals surface area contributed by atoms with Crippen LogP contribution in [0.5, 0.6) is 0 Å². The van der Waals surface area contributed by atoms with Crippen LogP contribution in [0.25, 0.3) is 0 Å². The van der Waals surface area contributed by atoms with Gasteiger partial charge in [-0.05, 0) is 17.7 Å². The van der Waals surface area contributed by atoms with Crippen molar-refractivity contribution in [3.63, 3.8) is 0 Å². The highest BCUT2D eigenvalue weighted by Gasteiger charge is 2.05. The summed E-state index contributed by atoms with van der Waals surface area (Å²) in [6, 6.07) is 18.7. The molecule has 2 aromatic carbocycles. The normalized spacial score (nSPS) is 9.90. The summed E-state index contributed by atoms with van der Waals surface area (Å²) < 4.78 is 0. The van der Waals surface area contributed by atoms with Crippen LogP contribution in [0.15, 0.2) is 60.7 Å². The van der Waals surface area contributed by atoms with Crippen molar-refractivity contribution in [2.24, 2.45) is 0 Å². The van der Waals surface area contributed by atoms with Crippen LogP contribution in [-0.2, 0) is 11.3 Å². The molecule has 0 aliphatic carbocycles. The van der Waals surface area contributed by atoms with Gasteiger partial charge < -0.3 is 10.6 Å². The predicted molar refractivity (Wildman–Crippen MR) is 81.7 cm³/mol. The highest BCUT2D eigenvalue weighted by atomic mass is 16.2. The summed E-state index contributed by atoms with van der Waals surface area (Å²) >= 11 is 0. The standard InChI is InChI=1S/C17H18N2O2/c20-16(19-13-14-7-3-1-4-8-14)11-12-18-17(21)15-9-5-2-6-10-15/h1-10H,11-13H2,(H,18,21)(H,19,20). The first-order chi connectivity index (χ1) is 10.3. The Morgan fingerprint density at radius 3 is 2.10 bits per heavy atom. The number of benzene rings is 2. The number of amides is 2. The summed E-state index contributed by atoms with van der Waals surface area (Å²) in [6.45, 7) is 0.834. The van der Waals surface area contributed by atoms with Gasteiger partial charge in [-0.3, -0.25) is 9.59 Å². The average molecular weight is 282 g/mol. The Labute approximate surface area is 124 Å². The molecule has 0 aliphatic heterocycles. The lowest BCUT2D eigenvalue weighted by Crippen LogP contribution is -2.30. The zero-order valence-electron chi connectivity index (χ0n) is 11.7. The summed E-state index contributed by atoms with van der Waals surface area (Å²) in [5, 5.41) is 5.55. The second kappa shape index (κ2) is 7.85. The molecule has 2 N–H and O–H groups in total. The van der Waals surface area contributed by atoms with Crippen molar-refractivity contribution in [2.75, 3.05) is 6.54 Å². The maximum Gasteiger partial charge on any atom is 0.251 e. The number of carbonyl (C=O) groups is 2. The van der Waals surface area contributed by atoms with E-state index in [0.717, 1.165) is 5.56 Å². The molecule has 0 aliphatic rings. The molecule has 4 nitrogen and oxygen atoms in total. The molecule has 0 saturated heterocycles. The van der Waals surface area contributed by atoms with Gasteiger partial charge in [0.05, 0.1) is 0 Å². The molecule has 2 rings (SSSR count). The molecule has 0 atom stereocenters. The van der Waals surface area contributed by atoms with Crippen LogP contribution in [0.1, 0.15) is 22.3 Å². The minimum Gasteiger partial charge on any atom is -0.352 e. The number of carbonyl (C=O) groups excluding carboxylic acids is 2. The molecule has 0 spiro atoms. The molecule has 2 amide bonds. The van der Waals surface area contributed by atoms with Gasteiger partial charge in [0.1, 0.15) is 0 Å². The van der Waals surface area contributed by atoms with E-state index in [1.807, 2.05) is 48.5 Å². The lowest BCUT2D eigenvalue weighted by Gasteiger charge is -2.07. The van der Waals surface area contributed by atoms with Crippen LogP contribution in [0.4, 0.5) is 0 Å². The van der Waals surface area contributed by atoms with Crippen LogP contribution < -0.4 is 10.6 Å². The molecule has 0 bridgehead atoms. The molecular formula is C17H18N2O2. The number of rotatable bonds is 6. The van der Waals surface area contributed by atoms with E-state index in [2.05, 4.69) is 10.6 Å². The Kier molecular flexibility index (Phi) is 5.52. The largest absolute Gasteiger partial charge is 0.352 e. The zero-order valence-corrected chi connectivity index (χ0v) is 11.7. The molecule has 0 unspecified atom stereocenters. The topological polar surface area (TPSA) is 58.2 Å². The van der Waals surface area contributed by atoms with Crippen LogP contribution >= 0.6 is 0 Å². The van der Waals surface area contributed by atoms with Gasteiger partial charge in [-0.2, -0.15) is 0 Å². The van der Waals surface area contributed by atoms with Gasteiger partial charge in [0.2, 0.25) is 5.91 Å². The van der Waals surface area contributed by atoms with Crippen molar-refractivity contribution in [3.05, 3.63) is 71.8 Å². The van der Waals surface area contributed by atoms with E-state index in [1.54, 1.807) is 12.1 Å². The summed E-state index contributed by atoms with van der Waals surface area (Å²) in [5.74, 6) is -0.237. The fourth-order valence-electron chi connectivity index (χ4n) is 1.87. The lowest BCUT2D eigenvalue weighted by molar-refractivity contribution is -0.121. The van der Waals surface area contributed by atoms with Crippen molar-refractivity contribution in [1.82, 2.24) is 10.6 Å². The smallest absolute Gasteiger partial charge is 0.251 e. The van der Waals surface area contributed by atoms with Gasteiger partial charge >= 0.3 is 0 Å². The third-order valence-corrected chi connectivity index (χ3v) is 3.01. The second-order valence-electron chi connectivity index (χ2n) is 4.63. The molecule has 4 heteroatoms. The summed E-state index contributed by atoms with van der Waals surface area (Å²) in [6.07, 6.45) is 0.269. The van der Waals surface area contributed by atoms with Gasteiger partial charge in [0.15, 0.2) is 0 Å². The second-order valence-corrected chi connectivity index (χ2v) is 4.63. The van der Waals surface area contributed by atoms with Crippen molar-refractivity contribution < 1.29 is 9.59 Å². The fourth-order valence-corrected chi connectivity index (χ4v) is 1.87. The molecule has 2 aromatic rings. The molecule has 108 valence electrons. The number of nitrogens with one attached hydrogen (secondary N) is 2. The summed E-state index contributed by atoms with van der Waals surface area (Å²) in [7, 11) is 0. The summed E-state index contributed by atoms with van der Waals surface area (Å²) in [5.41, 5.74) is 1.65. The molecule has 0 heterocycles. The van der Waals surface area contributed by atoms with Crippen LogP contribution in [0.3, 0.4) is 0 Å². The highest BCUT2D eigenvalue weighted by molar-refractivity contribution is 5.94. The zero-order chi connectivity index (χ0) is 14.9. The van der Waals surface area contributed by atoms with Crippen molar-refractivity contribution in [1.29, 1.82) is 0 Å². The molecule has 0 saturated carbocycles. The van der Waals surface area contributed by atoms with Crippen molar-refractivity contribution in [2.45, 2.75) is 13.0 Å². The third kappa shape index (κ3) is 5.10. The monoisotopic (exact) mass is 282 g/mol. The minimum absolute atomic E-state index is 0.0767. The van der Waals surface area contributed by atoms with Crippen molar-refractivity contribution >= 4 is 11.8 Å². The van der Waals surface area contributed by atoms with Crippen LogP contribution in [-0.4, -0.2) is 18.4 Å². The van der Waals surface area contributed by atoms with E-state index in [0.29, 0.717) is 18.7 Å². The van der Waals surface area contributed by atoms with Crippen LogP contribution in [0, 0.1) is 0 Å². The van der Waals surface area contributed by atoms with Crippen LogP contribution in [0.2, 0.25) is 0 Å². The first-order valence-electron chi connectivity index (χ1n) is 6.89. The Hall–Kier alpha value is -2.62. The summed E-state index contributed by atoms with van der Waals surface area (Å²) in [4.78, 5) is 23.4. The SMILES string of the molecule is O=C(CCNC(=O)c1ccccc1)NCc1ccccc1. The predicted octanol–water partition coefficient (Wildman–Crippen LogP) is 2.12. The third-order valence-electron chi connectivity index (χ3n) is 3.01. The van der Waals surface area contributed by atoms with Gasteiger partial charge in [-0.15, -0.1) is 0 Å². The molecule has 0 fully saturated rings. The number of hydrogen-bond acceptors (Lipinski definition) is 2. The highest BCUT2D eigenvalue weighted by Crippen LogP contribution is 1.98. The Morgan fingerprint density at radius 1 is 0.810 bits per heavy atom. The van der Waals surface area contributed by atoms with Gasteiger partial charge in [0.25, 0.3) is 5.91 Å². The maximum atomic E-state index is 11.8. The molecule has 21 heavy (non-hydrogen) atoms. The van der Waals surface area contributed by atoms with E-state index in [9.17, 15) is 9.59 Å². The van der Waals surface area contributed by atoms with E-state index in [1.165, 1.54) is 0 Å². The maximum absolute atomic E-state index is 11.8. The lowest BCUT2D eigenvalue weighted by atomic mass is 10.2. The van der Waals surface area contributed by atoms with E-state index in [-0.39, 0.29) is 18.2 Å².